The van der Waals surface area contributed by atoms with E-state index in [-0.39, 0.29) is 0 Å². The standard InChI is InChI=1S/C7H5BrClI/c8-6-2-1-5(4-9)7(10)3-6/h1-3H,4H2. The van der Waals surface area contributed by atoms with Gasteiger partial charge in [0.25, 0.3) is 0 Å². The minimum absolute atomic E-state index is 0.589. The van der Waals surface area contributed by atoms with E-state index in [9.17, 15) is 0 Å². The van der Waals surface area contributed by atoms with Gasteiger partial charge in [-0.3, -0.25) is 0 Å². The molecule has 0 heterocycles. The van der Waals surface area contributed by atoms with Gasteiger partial charge in [0.15, 0.2) is 0 Å². The van der Waals surface area contributed by atoms with Crippen LogP contribution in [-0.4, -0.2) is 0 Å². The van der Waals surface area contributed by atoms with Crippen molar-refractivity contribution in [3.8, 4) is 0 Å². The third kappa shape index (κ3) is 2.10. The van der Waals surface area contributed by atoms with Crippen LogP contribution in [0.5, 0.6) is 0 Å². The highest BCUT2D eigenvalue weighted by Gasteiger charge is 1.96. The van der Waals surface area contributed by atoms with Gasteiger partial charge in [0, 0.05) is 13.9 Å². The maximum atomic E-state index is 5.66. The van der Waals surface area contributed by atoms with E-state index in [1.165, 1.54) is 9.13 Å². The number of rotatable bonds is 1. The normalized spacial score (nSPS) is 9.90. The lowest BCUT2D eigenvalue weighted by atomic mass is 10.2. The molecule has 1 aromatic rings. The van der Waals surface area contributed by atoms with Gasteiger partial charge < -0.3 is 0 Å². The molecule has 0 radical (unpaired) electrons. The predicted octanol–water partition coefficient (Wildman–Crippen LogP) is 3.79. The highest BCUT2D eigenvalue weighted by Crippen LogP contribution is 2.19. The van der Waals surface area contributed by atoms with Crippen molar-refractivity contribution in [3.05, 3.63) is 31.8 Å². The Kier molecular flexibility index (Phi) is 3.46. The molecule has 0 spiro atoms. The smallest absolute Gasteiger partial charge is 0.0484 e. The molecule has 1 rings (SSSR count). The van der Waals surface area contributed by atoms with Crippen molar-refractivity contribution < 1.29 is 0 Å². The summed E-state index contributed by atoms with van der Waals surface area (Å²) >= 11 is 11.3. The van der Waals surface area contributed by atoms with Gasteiger partial charge in [0.1, 0.15) is 0 Å². The van der Waals surface area contributed by atoms with E-state index < -0.39 is 0 Å². The van der Waals surface area contributed by atoms with Gasteiger partial charge in [0.2, 0.25) is 0 Å². The van der Waals surface area contributed by atoms with Gasteiger partial charge in [-0.2, -0.15) is 0 Å². The maximum absolute atomic E-state index is 5.66. The summed E-state index contributed by atoms with van der Waals surface area (Å²) in [4.78, 5) is 0. The van der Waals surface area contributed by atoms with Gasteiger partial charge >= 0.3 is 0 Å². The molecule has 0 atom stereocenters. The van der Waals surface area contributed by atoms with Crippen LogP contribution < -0.4 is 0 Å². The fourth-order valence-corrected chi connectivity index (χ4v) is 2.58. The zero-order chi connectivity index (χ0) is 7.56. The van der Waals surface area contributed by atoms with Crippen molar-refractivity contribution in [2.24, 2.45) is 0 Å². The van der Waals surface area contributed by atoms with Crippen LogP contribution in [0.15, 0.2) is 22.7 Å². The first-order chi connectivity index (χ1) is 4.74. The van der Waals surface area contributed by atoms with Crippen LogP contribution in [-0.2, 0) is 5.88 Å². The Hall–Kier alpha value is 0.720. The lowest BCUT2D eigenvalue weighted by Crippen LogP contribution is -1.82. The number of benzene rings is 1. The molecular formula is C7H5BrClI. The average Bonchev–Trinajstić information content (AvgIpc) is 1.88. The number of hydrogen-bond acceptors (Lipinski definition) is 0. The van der Waals surface area contributed by atoms with E-state index in [0.717, 1.165) is 4.47 Å². The first kappa shape index (κ1) is 8.81. The predicted molar refractivity (Wildman–Crippen MR) is 56.4 cm³/mol. The van der Waals surface area contributed by atoms with Crippen molar-refractivity contribution >= 4 is 50.1 Å². The van der Waals surface area contributed by atoms with Gasteiger partial charge in [-0.25, -0.2) is 0 Å². The van der Waals surface area contributed by atoms with Crippen LogP contribution in [0.3, 0.4) is 0 Å². The summed E-state index contributed by atoms with van der Waals surface area (Å²) in [6.07, 6.45) is 0. The molecule has 0 nitrogen and oxygen atoms in total. The Balaban J connectivity index is 3.07. The van der Waals surface area contributed by atoms with Crippen molar-refractivity contribution in [2.45, 2.75) is 5.88 Å². The minimum Gasteiger partial charge on any atom is -0.122 e. The SMILES string of the molecule is ClCc1ccc(Br)cc1I. The summed E-state index contributed by atoms with van der Waals surface area (Å²) < 4.78 is 2.31. The van der Waals surface area contributed by atoms with E-state index in [2.05, 4.69) is 44.6 Å². The third-order valence-corrected chi connectivity index (χ3v) is 2.94. The highest BCUT2D eigenvalue weighted by atomic mass is 127. The molecule has 10 heavy (non-hydrogen) atoms. The van der Waals surface area contributed by atoms with E-state index in [4.69, 9.17) is 11.6 Å². The monoisotopic (exact) mass is 330 g/mol. The Bertz CT molecular complexity index is 237. The number of hydrogen-bond donors (Lipinski definition) is 0. The maximum Gasteiger partial charge on any atom is 0.0484 e. The largest absolute Gasteiger partial charge is 0.122 e. The van der Waals surface area contributed by atoms with Crippen molar-refractivity contribution in [1.29, 1.82) is 0 Å². The summed E-state index contributed by atoms with van der Waals surface area (Å²) in [5.41, 5.74) is 1.19. The molecule has 0 aromatic heterocycles. The quantitative estimate of drug-likeness (QED) is 0.542. The molecule has 1 aromatic carbocycles. The van der Waals surface area contributed by atoms with Crippen LogP contribution in [0, 0.1) is 3.57 Å². The van der Waals surface area contributed by atoms with Gasteiger partial charge in [-0.05, 0) is 40.3 Å². The second-order valence-electron chi connectivity index (χ2n) is 1.87. The fourth-order valence-electron chi connectivity index (χ4n) is 0.630. The van der Waals surface area contributed by atoms with E-state index in [1.54, 1.807) is 0 Å². The van der Waals surface area contributed by atoms with Crippen LogP contribution in [0.1, 0.15) is 5.56 Å². The van der Waals surface area contributed by atoms with Crippen LogP contribution in [0.4, 0.5) is 0 Å². The van der Waals surface area contributed by atoms with Crippen molar-refractivity contribution in [2.75, 3.05) is 0 Å². The molecule has 0 saturated carbocycles. The lowest BCUT2D eigenvalue weighted by molar-refractivity contribution is 1.36. The first-order valence-corrected chi connectivity index (χ1v) is 5.14. The molecule has 0 saturated heterocycles. The van der Waals surface area contributed by atoms with Crippen molar-refractivity contribution in [3.63, 3.8) is 0 Å². The Morgan fingerprint density at radius 3 is 2.70 bits per heavy atom. The fraction of sp³-hybridized carbons (Fsp3) is 0.143. The average molecular weight is 331 g/mol. The molecular weight excluding hydrogens is 326 g/mol. The summed E-state index contributed by atoms with van der Waals surface area (Å²) in [5, 5.41) is 0. The minimum atomic E-state index is 0.589. The van der Waals surface area contributed by atoms with Crippen LogP contribution in [0.2, 0.25) is 0 Å². The Morgan fingerprint density at radius 2 is 2.20 bits per heavy atom. The molecule has 3 heteroatoms. The number of halogens is 3. The van der Waals surface area contributed by atoms with Gasteiger partial charge in [-0.1, -0.05) is 22.0 Å². The zero-order valence-electron chi connectivity index (χ0n) is 5.07. The third-order valence-electron chi connectivity index (χ3n) is 1.16. The van der Waals surface area contributed by atoms with E-state index in [0.29, 0.717) is 5.88 Å². The van der Waals surface area contributed by atoms with E-state index in [1.807, 2.05) is 12.1 Å². The topological polar surface area (TPSA) is 0 Å². The van der Waals surface area contributed by atoms with E-state index >= 15 is 0 Å². The molecule has 0 aliphatic carbocycles. The first-order valence-electron chi connectivity index (χ1n) is 2.74. The second-order valence-corrected chi connectivity index (χ2v) is 4.21. The van der Waals surface area contributed by atoms with Gasteiger partial charge in [-0.15, -0.1) is 11.6 Å². The summed E-state index contributed by atoms with van der Waals surface area (Å²) in [7, 11) is 0. The number of alkyl halides is 1. The zero-order valence-corrected chi connectivity index (χ0v) is 9.57. The lowest BCUT2D eigenvalue weighted by Gasteiger charge is -1.98. The Labute approximate surface area is 87.2 Å². The molecule has 0 unspecified atom stereocenters. The Morgan fingerprint density at radius 1 is 1.50 bits per heavy atom. The molecule has 0 bridgehead atoms. The summed E-state index contributed by atoms with van der Waals surface area (Å²) in [5.74, 6) is 0.589. The summed E-state index contributed by atoms with van der Waals surface area (Å²) in [6.45, 7) is 0. The highest BCUT2D eigenvalue weighted by molar-refractivity contribution is 14.1. The van der Waals surface area contributed by atoms with Gasteiger partial charge in [0.05, 0.1) is 0 Å². The second kappa shape index (κ2) is 3.93. The molecule has 0 aliphatic rings. The molecule has 54 valence electrons. The van der Waals surface area contributed by atoms with Crippen LogP contribution >= 0.6 is 50.1 Å². The summed E-state index contributed by atoms with van der Waals surface area (Å²) in [6, 6.07) is 6.08. The molecule has 0 N–H and O–H groups in total. The van der Waals surface area contributed by atoms with Crippen LogP contribution in [0.25, 0.3) is 0 Å². The molecule has 0 amide bonds. The van der Waals surface area contributed by atoms with Crippen molar-refractivity contribution in [1.82, 2.24) is 0 Å². The molecule has 0 fully saturated rings. The molecule has 0 aliphatic heterocycles.